The van der Waals surface area contributed by atoms with Crippen LogP contribution in [0.2, 0.25) is 0 Å². The number of pyridine rings is 2. The molecular weight excluding hydrogens is 316 g/mol. The number of aromatic amines is 1. The van der Waals surface area contributed by atoms with E-state index in [9.17, 15) is 4.79 Å². The second-order valence-electron chi connectivity index (χ2n) is 5.92. The van der Waals surface area contributed by atoms with Crippen molar-refractivity contribution in [3.63, 3.8) is 0 Å². The summed E-state index contributed by atoms with van der Waals surface area (Å²) in [4.78, 5) is 25.8. The van der Waals surface area contributed by atoms with Crippen LogP contribution in [0.5, 0.6) is 0 Å². The van der Waals surface area contributed by atoms with E-state index in [4.69, 9.17) is 4.98 Å². The molecule has 0 bridgehead atoms. The lowest BCUT2D eigenvalue weighted by Crippen LogP contribution is -2.25. The Labute approximate surface area is 145 Å². The fourth-order valence-corrected chi connectivity index (χ4v) is 3.06. The Morgan fingerprint density at radius 1 is 1.20 bits per heavy atom. The van der Waals surface area contributed by atoms with Gasteiger partial charge in [-0.25, -0.2) is 9.97 Å². The standard InChI is InChI=1S/C18H18N6O/c1-3-9-24-16-13(5-4-8-19-16)18(25)23(2)15-7-6-14(22-17(15)24)12-10-20-21-11-12/h4-8,10-11H,3,9H2,1-2H3,(H,20,21). The number of nitrogens with zero attached hydrogens (tertiary/aromatic N) is 5. The molecule has 1 aliphatic rings. The number of carbonyl (C=O) groups excluding carboxylic acids is 1. The average molecular weight is 334 g/mol. The van der Waals surface area contributed by atoms with Crippen LogP contribution in [0.15, 0.2) is 42.9 Å². The molecule has 0 radical (unpaired) electrons. The van der Waals surface area contributed by atoms with Crippen molar-refractivity contribution in [2.45, 2.75) is 13.3 Å². The highest BCUT2D eigenvalue weighted by molar-refractivity contribution is 6.12. The van der Waals surface area contributed by atoms with Crippen LogP contribution in [-0.4, -0.2) is 39.7 Å². The maximum Gasteiger partial charge on any atom is 0.261 e. The minimum absolute atomic E-state index is 0.0826. The number of H-pyrrole nitrogens is 1. The lowest BCUT2D eigenvalue weighted by molar-refractivity contribution is 0.0994. The highest BCUT2D eigenvalue weighted by Crippen LogP contribution is 2.39. The monoisotopic (exact) mass is 334 g/mol. The number of nitrogens with one attached hydrogen (secondary N) is 1. The molecule has 0 fully saturated rings. The van der Waals surface area contributed by atoms with Crippen molar-refractivity contribution in [3.05, 3.63) is 48.4 Å². The number of fused-ring (bicyclic) bond motifs is 2. The van der Waals surface area contributed by atoms with Gasteiger partial charge in [0.2, 0.25) is 0 Å². The van der Waals surface area contributed by atoms with E-state index in [-0.39, 0.29) is 5.91 Å². The number of anilines is 3. The minimum Gasteiger partial charge on any atom is -0.309 e. The third-order valence-electron chi connectivity index (χ3n) is 4.29. The van der Waals surface area contributed by atoms with Crippen molar-refractivity contribution in [2.24, 2.45) is 0 Å². The molecule has 3 aromatic heterocycles. The van der Waals surface area contributed by atoms with Gasteiger partial charge in [-0.05, 0) is 30.7 Å². The summed E-state index contributed by atoms with van der Waals surface area (Å²) in [5.41, 5.74) is 3.05. The molecule has 25 heavy (non-hydrogen) atoms. The molecule has 0 saturated carbocycles. The highest BCUT2D eigenvalue weighted by atomic mass is 16.2. The summed E-state index contributed by atoms with van der Waals surface area (Å²) in [6.07, 6.45) is 6.15. The van der Waals surface area contributed by atoms with E-state index in [1.54, 1.807) is 36.6 Å². The van der Waals surface area contributed by atoms with Gasteiger partial charge in [0.25, 0.3) is 5.91 Å². The fraction of sp³-hybridized carbons (Fsp3) is 0.222. The first-order valence-corrected chi connectivity index (χ1v) is 8.21. The minimum atomic E-state index is -0.0826. The smallest absolute Gasteiger partial charge is 0.261 e. The number of hydrogen-bond donors (Lipinski definition) is 1. The van der Waals surface area contributed by atoms with Crippen molar-refractivity contribution >= 4 is 23.2 Å². The largest absolute Gasteiger partial charge is 0.309 e. The topological polar surface area (TPSA) is 78.0 Å². The van der Waals surface area contributed by atoms with Crippen molar-refractivity contribution in [3.8, 4) is 11.3 Å². The maximum atomic E-state index is 12.9. The number of aromatic nitrogens is 4. The van der Waals surface area contributed by atoms with E-state index in [0.717, 1.165) is 35.7 Å². The van der Waals surface area contributed by atoms with Gasteiger partial charge in [-0.2, -0.15) is 5.10 Å². The van der Waals surface area contributed by atoms with E-state index in [2.05, 4.69) is 22.1 Å². The maximum absolute atomic E-state index is 12.9. The average Bonchev–Trinajstić information content (AvgIpc) is 3.17. The number of carbonyl (C=O) groups is 1. The molecule has 4 heterocycles. The Morgan fingerprint density at radius 3 is 2.84 bits per heavy atom. The summed E-state index contributed by atoms with van der Waals surface area (Å²) in [6, 6.07) is 7.43. The molecule has 3 aromatic rings. The third-order valence-corrected chi connectivity index (χ3v) is 4.29. The second kappa shape index (κ2) is 6.01. The van der Waals surface area contributed by atoms with Crippen LogP contribution in [0.3, 0.4) is 0 Å². The number of rotatable bonds is 3. The van der Waals surface area contributed by atoms with E-state index in [0.29, 0.717) is 11.4 Å². The Kier molecular flexibility index (Phi) is 3.68. The molecule has 1 amide bonds. The van der Waals surface area contributed by atoms with Gasteiger partial charge in [0.05, 0.1) is 23.1 Å². The van der Waals surface area contributed by atoms with Crippen LogP contribution < -0.4 is 9.80 Å². The molecular formula is C18H18N6O. The lowest BCUT2D eigenvalue weighted by Gasteiger charge is -2.24. The fourth-order valence-electron chi connectivity index (χ4n) is 3.06. The number of amides is 1. The first-order valence-electron chi connectivity index (χ1n) is 8.21. The van der Waals surface area contributed by atoms with E-state index in [1.165, 1.54) is 0 Å². The summed E-state index contributed by atoms with van der Waals surface area (Å²) in [5.74, 6) is 1.30. The van der Waals surface area contributed by atoms with Crippen LogP contribution in [0.25, 0.3) is 11.3 Å². The highest BCUT2D eigenvalue weighted by Gasteiger charge is 2.30. The molecule has 4 rings (SSSR count). The van der Waals surface area contributed by atoms with Gasteiger partial charge < -0.3 is 9.80 Å². The Balaban J connectivity index is 1.95. The summed E-state index contributed by atoms with van der Waals surface area (Å²) < 4.78 is 0. The second-order valence-corrected chi connectivity index (χ2v) is 5.92. The lowest BCUT2D eigenvalue weighted by atomic mass is 10.2. The van der Waals surface area contributed by atoms with Crippen LogP contribution in [0.1, 0.15) is 23.7 Å². The zero-order valence-corrected chi connectivity index (χ0v) is 14.1. The Bertz CT molecular complexity index is 921. The van der Waals surface area contributed by atoms with E-state index >= 15 is 0 Å². The van der Waals surface area contributed by atoms with E-state index in [1.807, 2.05) is 23.1 Å². The zero-order chi connectivity index (χ0) is 17.4. The Hall–Kier alpha value is -3.22. The molecule has 0 unspecified atom stereocenters. The van der Waals surface area contributed by atoms with Gasteiger partial charge in [0.15, 0.2) is 5.82 Å². The molecule has 126 valence electrons. The summed E-state index contributed by atoms with van der Waals surface area (Å²) in [6.45, 7) is 2.82. The molecule has 0 spiro atoms. The van der Waals surface area contributed by atoms with Gasteiger partial charge in [-0.1, -0.05) is 6.92 Å². The molecule has 7 nitrogen and oxygen atoms in total. The first-order chi connectivity index (χ1) is 12.2. The van der Waals surface area contributed by atoms with Crippen molar-refractivity contribution in [2.75, 3.05) is 23.4 Å². The molecule has 0 saturated heterocycles. The van der Waals surface area contributed by atoms with Crippen molar-refractivity contribution in [1.82, 2.24) is 20.2 Å². The third kappa shape index (κ3) is 2.44. The molecule has 1 N–H and O–H groups in total. The van der Waals surface area contributed by atoms with Gasteiger partial charge in [-0.3, -0.25) is 9.89 Å². The van der Waals surface area contributed by atoms with E-state index < -0.39 is 0 Å². The zero-order valence-electron chi connectivity index (χ0n) is 14.1. The molecule has 0 aromatic carbocycles. The summed E-state index contributed by atoms with van der Waals surface area (Å²) in [7, 11) is 1.77. The number of hydrogen-bond acceptors (Lipinski definition) is 5. The first kappa shape index (κ1) is 15.3. The van der Waals surface area contributed by atoms with Gasteiger partial charge in [0.1, 0.15) is 5.82 Å². The predicted molar refractivity (Wildman–Crippen MR) is 96.1 cm³/mol. The molecule has 0 atom stereocenters. The van der Waals surface area contributed by atoms with Crippen molar-refractivity contribution in [1.29, 1.82) is 0 Å². The quantitative estimate of drug-likeness (QED) is 0.796. The predicted octanol–water partition coefficient (Wildman–Crippen LogP) is 3.00. The van der Waals surface area contributed by atoms with Crippen LogP contribution in [0, 0.1) is 0 Å². The van der Waals surface area contributed by atoms with Crippen LogP contribution >= 0.6 is 0 Å². The Morgan fingerprint density at radius 2 is 2.08 bits per heavy atom. The van der Waals surface area contributed by atoms with Gasteiger partial charge in [0, 0.05) is 31.5 Å². The molecule has 1 aliphatic heterocycles. The SMILES string of the molecule is CCCN1c2ncccc2C(=O)N(C)c2ccc(-c3cn[nH]c3)nc21. The normalized spacial score (nSPS) is 13.4. The summed E-state index contributed by atoms with van der Waals surface area (Å²) >= 11 is 0. The molecule has 7 heteroatoms. The van der Waals surface area contributed by atoms with Gasteiger partial charge >= 0.3 is 0 Å². The molecule has 0 aliphatic carbocycles. The van der Waals surface area contributed by atoms with Crippen LogP contribution in [0.4, 0.5) is 17.3 Å². The van der Waals surface area contributed by atoms with Crippen LogP contribution in [-0.2, 0) is 0 Å². The van der Waals surface area contributed by atoms with Crippen molar-refractivity contribution < 1.29 is 4.79 Å². The summed E-state index contributed by atoms with van der Waals surface area (Å²) in [5, 5.41) is 6.80. The van der Waals surface area contributed by atoms with Gasteiger partial charge in [-0.15, -0.1) is 0 Å².